The largest absolute Gasteiger partial charge is 0.606 e. The lowest BCUT2D eigenvalue weighted by atomic mass is 10.1. The number of ketones is 1. The van der Waals surface area contributed by atoms with Crippen LogP contribution >= 0.6 is 0 Å². The second-order valence-corrected chi connectivity index (χ2v) is 7.86. The minimum Gasteiger partial charge on any atom is -0.606 e. The SMILES string of the molecule is CC(CN(C)C)N/C(=C1\C(=O)c2ccccc2[S+]1[O-])c1ccccc1. The van der Waals surface area contributed by atoms with Crippen LogP contribution in [0.4, 0.5) is 0 Å². The van der Waals surface area contributed by atoms with Crippen LogP contribution in [0.15, 0.2) is 64.4 Å². The van der Waals surface area contributed by atoms with Crippen molar-refractivity contribution in [2.24, 2.45) is 0 Å². The quantitative estimate of drug-likeness (QED) is 0.663. The summed E-state index contributed by atoms with van der Waals surface area (Å²) < 4.78 is 13.0. The van der Waals surface area contributed by atoms with E-state index in [-0.39, 0.29) is 11.8 Å². The number of hydrogen-bond donors (Lipinski definition) is 1. The summed E-state index contributed by atoms with van der Waals surface area (Å²) >= 11 is -1.47. The van der Waals surface area contributed by atoms with Gasteiger partial charge in [-0.25, -0.2) is 0 Å². The van der Waals surface area contributed by atoms with Gasteiger partial charge < -0.3 is 14.8 Å². The molecule has 0 aromatic heterocycles. The van der Waals surface area contributed by atoms with Gasteiger partial charge in [-0.2, -0.15) is 0 Å². The van der Waals surface area contributed by atoms with Crippen LogP contribution in [0.25, 0.3) is 5.70 Å². The molecule has 1 aliphatic rings. The number of carbonyl (C=O) groups excluding carboxylic acids is 1. The Morgan fingerprint density at radius 1 is 1.12 bits per heavy atom. The Balaban J connectivity index is 2.08. The Morgan fingerprint density at radius 3 is 2.40 bits per heavy atom. The first-order chi connectivity index (χ1) is 12.0. The first-order valence-corrected chi connectivity index (χ1v) is 9.40. The van der Waals surface area contributed by atoms with Gasteiger partial charge in [0.05, 0.1) is 5.56 Å². The molecular formula is C20H22N2O2S. The molecule has 1 aliphatic heterocycles. The molecular weight excluding hydrogens is 332 g/mol. The lowest BCUT2D eigenvalue weighted by Crippen LogP contribution is -2.36. The van der Waals surface area contributed by atoms with E-state index < -0.39 is 11.2 Å². The summed E-state index contributed by atoms with van der Waals surface area (Å²) in [7, 11) is 4.00. The van der Waals surface area contributed by atoms with Gasteiger partial charge in [0.25, 0.3) is 0 Å². The first-order valence-electron chi connectivity index (χ1n) is 8.25. The minimum atomic E-state index is -1.47. The van der Waals surface area contributed by atoms with Crippen LogP contribution in [0.5, 0.6) is 0 Å². The standard InChI is InChI=1S/C20H22N2O2S/c1-14(13-22(2)3)21-18(15-9-5-4-6-10-15)20-19(23)16-11-7-8-12-17(16)25(20)24/h4-12,14,21H,13H2,1-3H3/b20-18+. The molecule has 2 unspecified atom stereocenters. The summed E-state index contributed by atoms with van der Waals surface area (Å²) in [6.45, 7) is 2.86. The number of nitrogens with one attached hydrogen (secondary N) is 1. The third-order valence-corrected chi connectivity index (χ3v) is 5.56. The summed E-state index contributed by atoms with van der Waals surface area (Å²) in [5.74, 6) is -0.155. The number of allylic oxidation sites excluding steroid dienone is 1. The second kappa shape index (κ2) is 7.44. The molecule has 3 rings (SSSR count). The Morgan fingerprint density at radius 2 is 1.76 bits per heavy atom. The molecule has 1 N–H and O–H groups in total. The van der Waals surface area contributed by atoms with E-state index in [2.05, 4.69) is 17.1 Å². The number of benzene rings is 2. The zero-order valence-corrected chi connectivity index (χ0v) is 15.5. The van der Waals surface area contributed by atoms with Crippen molar-refractivity contribution in [3.8, 4) is 0 Å². The van der Waals surface area contributed by atoms with E-state index in [0.717, 1.165) is 12.1 Å². The smallest absolute Gasteiger partial charge is 0.248 e. The molecule has 4 nitrogen and oxygen atoms in total. The molecule has 1 heterocycles. The van der Waals surface area contributed by atoms with E-state index >= 15 is 0 Å². The summed E-state index contributed by atoms with van der Waals surface area (Å²) in [6, 6.07) is 16.9. The van der Waals surface area contributed by atoms with E-state index in [1.807, 2.05) is 50.5 Å². The summed E-state index contributed by atoms with van der Waals surface area (Å²) in [5.41, 5.74) is 2.07. The number of hydrogen-bond acceptors (Lipinski definition) is 4. The molecule has 2 aromatic carbocycles. The van der Waals surface area contributed by atoms with Gasteiger partial charge in [-0.15, -0.1) is 0 Å². The van der Waals surface area contributed by atoms with Crippen molar-refractivity contribution in [2.75, 3.05) is 20.6 Å². The fourth-order valence-corrected chi connectivity index (χ4v) is 4.49. The lowest BCUT2D eigenvalue weighted by Gasteiger charge is -2.22. The van der Waals surface area contributed by atoms with Crippen molar-refractivity contribution in [3.63, 3.8) is 0 Å². The summed E-state index contributed by atoms with van der Waals surface area (Å²) in [6.07, 6.45) is 0. The van der Waals surface area contributed by atoms with E-state index in [1.54, 1.807) is 18.2 Å². The topological polar surface area (TPSA) is 55.4 Å². The Hall–Kier alpha value is -2.08. The summed E-state index contributed by atoms with van der Waals surface area (Å²) in [5, 5.41) is 3.43. The van der Waals surface area contributed by atoms with Crippen LogP contribution in [0.2, 0.25) is 0 Å². The fraction of sp³-hybridized carbons (Fsp3) is 0.250. The Labute approximate surface area is 151 Å². The fourth-order valence-electron chi connectivity index (χ4n) is 3.06. The zero-order valence-electron chi connectivity index (χ0n) is 14.7. The maximum atomic E-state index is 13.0. The monoisotopic (exact) mass is 354 g/mol. The van der Waals surface area contributed by atoms with Crippen molar-refractivity contribution < 1.29 is 9.35 Å². The lowest BCUT2D eigenvalue weighted by molar-refractivity contribution is 0.104. The van der Waals surface area contributed by atoms with Crippen LogP contribution < -0.4 is 5.32 Å². The average molecular weight is 354 g/mol. The van der Waals surface area contributed by atoms with Gasteiger partial charge in [-0.3, -0.25) is 4.79 Å². The highest BCUT2D eigenvalue weighted by molar-refractivity contribution is 7.97. The third kappa shape index (κ3) is 3.63. The molecule has 0 radical (unpaired) electrons. The van der Waals surface area contributed by atoms with Gasteiger partial charge in [0, 0.05) is 29.3 Å². The van der Waals surface area contributed by atoms with Crippen molar-refractivity contribution in [2.45, 2.75) is 17.9 Å². The first kappa shape index (κ1) is 17.7. The molecule has 0 saturated carbocycles. The summed E-state index contributed by atoms with van der Waals surface area (Å²) in [4.78, 5) is 15.9. The maximum absolute atomic E-state index is 13.0. The zero-order chi connectivity index (χ0) is 18.0. The number of carbonyl (C=O) groups is 1. The van der Waals surface area contributed by atoms with Crippen LogP contribution in [0.3, 0.4) is 0 Å². The number of fused-ring (bicyclic) bond motifs is 1. The highest BCUT2D eigenvalue weighted by Gasteiger charge is 2.42. The molecule has 5 heteroatoms. The molecule has 0 aliphatic carbocycles. The van der Waals surface area contributed by atoms with Crippen molar-refractivity contribution in [3.05, 3.63) is 70.6 Å². The molecule has 0 amide bonds. The van der Waals surface area contributed by atoms with Gasteiger partial charge in [0.1, 0.15) is 5.70 Å². The minimum absolute atomic E-state index is 0.103. The van der Waals surface area contributed by atoms with Gasteiger partial charge in [-0.1, -0.05) is 42.5 Å². The van der Waals surface area contributed by atoms with Crippen LogP contribution in [0.1, 0.15) is 22.8 Å². The highest BCUT2D eigenvalue weighted by Crippen LogP contribution is 2.37. The average Bonchev–Trinajstić information content (AvgIpc) is 2.85. The molecule has 130 valence electrons. The molecule has 0 saturated heterocycles. The van der Waals surface area contributed by atoms with Crippen molar-refractivity contribution in [1.29, 1.82) is 0 Å². The van der Waals surface area contributed by atoms with Crippen LogP contribution in [-0.4, -0.2) is 41.9 Å². The third-order valence-electron chi connectivity index (χ3n) is 4.04. The highest BCUT2D eigenvalue weighted by atomic mass is 32.2. The number of rotatable bonds is 5. The normalized spacial score (nSPS) is 19.7. The van der Waals surface area contributed by atoms with E-state index in [4.69, 9.17) is 0 Å². The molecule has 0 bridgehead atoms. The van der Waals surface area contributed by atoms with E-state index in [9.17, 15) is 9.35 Å². The molecule has 0 spiro atoms. The molecule has 25 heavy (non-hydrogen) atoms. The van der Waals surface area contributed by atoms with Crippen LogP contribution in [0, 0.1) is 0 Å². The number of likely N-dealkylation sites (N-methyl/N-ethyl adjacent to an activating group) is 1. The van der Waals surface area contributed by atoms with Gasteiger partial charge in [0.15, 0.2) is 4.90 Å². The maximum Gasteiger partial charge on any atom is 0.248 e. The Kier molecular flexibility index (Phi) is 5.27. The second-order valence-electron chi connectivity index (χ2n) is 6.47. The molecule has 0 fully saturated rings. The van der Waals surface area contributed by atoms with E-state index in [0.29, 0.717) is 21.1 Å². The molecule has 2 aromatic rings. The molecule has 2 atom stereocenters. The van der Waals surface area contributed by atoms with Crippen molar-refractivity contribution in [1.82, 2.24) is 10.2 Å². The van der Waals surface area contributed by atoms with E-state index in [1.165, 1.54) is 0 Å². The van der Waals surface area contributed by atoms with Crippen molar-refractivity contribution >= 4 is 22.7 Å². The Bertz CT molecular complexity index is 802. The van der Waals surface area contributed by atoms with Gasteiger partial charge in [-0.05, 0) is 33.2 Å². The van der Waals surface area contributed by atoms with Gasteiger partial charge in [0.2, 0.25) is 10.7 Å². The predicted molar refractivity (Wildman–Crippen MR) is 102 cm³/mol. The number of Topliss-reactive ketones (excluding diaryl/α,β-unsaturated/α-hetero) is 1. The van der Waals surface area contributed by atoms with Gasteiger partial charge >= 0.3 is 0 Å². The van der Waals surface area contributed by atoms with Crippen LogP contribution in [-0.2, 0) is 11.2 Å². The predicted octanol–water partition coefficient (Wildman–Crippen LogP) is 2.90. The number of nitrogens with zero attached hydrogens (tertiary/aromatic N) is 1.